The van der Waals surface area contributed by atoms with Gasteiger partial charge < -0.3 is 0 Å². The van der Waals surface area contributed by atoms with Gasteiger partial charge in [0.25, 0.3) is 0 Å². The van der Waals surface area contributed by atoms with Gasteiger partial charge in [-0.05, 0) is 0 Å². The standard InChI is InChI=1S/C5H7F5/c6-1-4(9)5(10,2-7)3-8/h4H,1-3H2. The zero-order valence-corrected chi connectivity index (χ0v) is 5.09. The zero-order chi connectivity index (χ0) is 8.20. The van der Waals surface area contributed by atoms with Crippen LogP contribution in [0.5, 0.6) is 0 Å². The van der Waals surface area contributed by atoms with E-state index >= 15 is 0 Å². The van der Waals surface area contributed by atoms with Gasteiger partial charge in [0, 0.05) is 0 Å². The van der Waals surface area contributed by atoms with Crippen LogP contribution in [0.4, 0.5) is 22.0 Å². The first-order valence-electron chi connectivity index (χ1n) is 2.61. The summed E-state index contributed by atoms with van der Waals surface area (Å²) in [6.45, 7) is -5.38. The maximum absolute atomic E-state index is 12.3. The highest BCUT2D eigenvalue weighted by atomic mass is 19.2. The molecule has 1 unspecified atom stereocenters. The molecule has 0 radical (unpaired) electrons. The smallest absolute Gasteiger partial charge is 0.200 e. The minimum Gasteiger partial charge on any atom is -0.248 e. The van der Waals surface area contributed by atoms with E-state index in [0.717, 1.165) is 0 Å². The lowest BCUT2D eigenvalue weighted by molar-refractivity contribution is -0.00573. The van der Waals surface area contributed by atoms with E-state index in [1.807, 2.05) is 0 Å². The fourth-order valence-electron chi connectivity index (χ4n) is 0.341. The fourth-order valence-corrected chi connectivity index (χ4v) is 0.341. The first-order valence-corrected chi connectivity index (χ1v) is 2.61. The molecule has 0 aromatic heterocycles. The second-order valence-corrected chi connectivity index (χ2v) is 1.92. The Morgan fingerprint density at radius 2 is 1.50 bits per heavy atom. The average Bonchev–Trinajstić information content (AvgIpc) is 2.01. The van der Waals surface area contributed by atoms with Crippen molar-refractivity contribution in [2.75, 3.05) is 20.0 Å². The molecular formula is C5H7F5. The number of hydrogen-bond acceptors (Lipinski definition) is 0. The van der Waals surface area contributed by atoms with Crippen LogP contribution in [0.3, 0.4) is 0 Å². The van der Waals surface area contributed by atoms with Crippen LogP contribution >= 0.6 is 0 Å². The van der Waals surface area contributed by atoms with E-state index in [4.69, 9.17) is 0 Å². The second kappa shape index (κ2) is 3.73. The predicted molar refractivity (Wildman–Crippen MR) is 26.7 cm³/mol. The second-order valence-electron chi connectivity index (χ2n) is 1.92. The van der Waals surface area contributed by atoms with Gasteiger partial charge in [0.2, 0.25) is 5.67 Å². The summed E-state index contributed by atoms with van der Waals surface area (Å²) in [5.74, 6) is 0. The first-order chi connectivity index (χ1) is 4.60. The minimum absolute atomic E-state index is 1.70. The number of rotatable bonds is 4. The lowest BCUT2D eigenvalue weighted by Gasteiger charge is -2.19. The van der Waals surface area contributed by atoms with E-state index in [1.54, 1.807) is 0 Å². The van der Waals surface area contributed by atoms with Gasteiger partial charge in [-0.2, -0.15) is 0 Å². The van der Waals surface area contributed by atoms with Crippen molar-refractivity contribution in [1.29, 1.82) is 0 Å². The van der Waals surface area contributed by atoms with E-state index in [2.05, 4.69) is 0 Å². The number of halogens is 5. The molecule has 0 N–H and O–H groups in total. The van der Waals surface area contributed by atoms with Crippen molar-refractivity contribution in [3.8, 4) is 0 Å². The van der Waals surface area contributed by atoms with E-state index in [1.165, 1.54) is 0 Å². The maximum atomic E-state index is 12.3. The van der Waals surface area contributed by atoms with Gasteiger partial charge in [0.15, 0.2) is 6.17 Å². The van der Waals surface area contributed by atoms with Crippen molar-refractivity contribution in [3.63, 3.8) is 0 Å². The van der Waals surface area contributed by atoms with Crippen molar-refractivity contribution in [3.05, 3.63) is 0 Å². The molecule has 0 nitrogen and oxygen atoms in total. The SMILES string of the molecule is FCC(F)C(F)(CF)CF. The lowest BCUT2D eigenvalue weighted by atomic mass is 10.1. The summed E-state index contributed by atoms with van der Waals surface area (Å²) in [5, 5.41) is 0. The van der Waals surface area contributed by atoms with Crippen LogP contribution in [-0.4, -0.2) is 31.9 Å². The molecule has 0 rings (SSSR count). The third-order valence-electron chi connectivity index (χ3n) is 1.14. The Morgan fingerprint density at radius 1 is 1.10 bits per heavy atom. The highest BCUT2D eigenvalue weighted by Crippen LogP contribution is 2.21. The third kappa shape index (κ3) is 1.82. The van der Waals surface area contributed by atoms with E-state index in [0.29, 0.717) is 0 Å². The van der Waals surface area contributed by atoms with Gasteiger partial charge in [-0.1, -0.05) is 0 Å². The van der Waals surface area contributed by atoms with Gasteiger partial charge in [-0.25, -0.2) is 22.0 Å². The molecule has 0 aliphatic rings. The summed E-state index contributed by atoms with van der Waals surface area (Å²) in [5.41, 5.74) is -3.28. The van der Waals surface area contributed by atoms with Crippen LogP contribution in [0.25, 0.3) is 0 Å². The monoisotopic (exact) mass is 162 g/mol. The Labute approximate surface area is 55.0 Å². The largest absolute Gasteiger partial charge is 0.248 e. The molecule has 0 aliphatic heterocycles. The molecule has 0 fully saturated rings. The highest BCUT2D eigenvalue weighted by molar-refractivity contribution is 4.86. The summed E-state index contributed by atoms with van der Waals surface area (Å²) >= 11 is 0. The van der Waals surface area contributed by atoms with Gasteiger partial charge in [0.05, 0.1) is 0 Å². The third-order valence-corrected chi connectivity index (χ3v) is 1.14. The molecule has 0 bridgehead atoms. The Bertz CT molecular complexity index is 90.0. The zero-order valence-electron chi connectivity index (χ0n) is 5.09. The molecule has 62 valence electrons. The molecule has 0 amide bonds. The number of alkyl halides is 5. The summed E-state index contributed by atoms with van der Waals surface area (Å²) in [4.78, 5) is 0. The first kappa shape index (κ1) is 9.65. The molecule has 0 aliphatic carbocycles. The van der Waals surface area contributed by atoms with Crippen molar-refractivity contribution < 1.29 is 22.0 Å². The molecule has 0 heterocycles. The Hall–Kier alpha value is -0.350. The average molecular weight is 162 g/mol. The number of hydrogen-bond donors (Lipinski definition) is 0. The Morgan fingerprint density at radius 3 is 1.60 bits per heavy atom. The van der Waals surface area contributed by atoms with Crippen LogP contribution in [0, 0.1) is 0 Å². The van der Waals surface area contributed by atoms with Crippen molar-refractivity contribution in [2.24, 2.45) is 0 Å². The molecule has 0 aromatic carbocycles. The normalized spacial score (nSPS) is 15.3. The van der Waals surface area contributed by atoms with Gasteiger partial charge >= 0.3 is 0 Å². The van der Waals surface area contributed by atoms with Gasteiger partial charge in [-0.3, -0.25) is 0 Å². The van der Waals surface area contributed by atoms with Crippen LogP contribution in [-0.2, 0) is 0 Å². The summed E-state index contributed by atoms with van der Waals surface area (Å²) in [7, 11) is 0. The summed E-state index contributed by atoms with van der Waals surface area (Å²) < 4.78 is 58.5. The van der Waals surface area contributed by atoms with E-state index < -0.39 is 31.9 Å². The summed E-state index contributed by atoms with van der Waals surface area (Å²) in [6.07, 6.45) is -2.71. The molecule has 0 saturated carbocycles. The van der Waals surface area contributed by atoms with Crippen molar-refractivity contribution in [2.45, 2.75) is 11.8 Å². The van der Waals surface area contributed by atoms with E-state index in [-0.39, 0.29) is 0 Å². The quantitative estimate of drug-likeness (QED) is 0.554. The molecule has 0 saturated heterocycles. The van der Waals surface area contributed by atoms with Crippen LogP contribution in [0.15, 0.2) is 0 Å². The molecule has 0 spiro atoms. The van der Waals surface area contributed by atoms with Crippen LogP contribution < -0.4 is 0 Å². The molecule has 0 aromatic rings. The molecule has 10 heavy (non-hydrogen) atoms. The van der Waals surface area contributed by atoms with Gasteiger partial charge in [-0.15, -0.1) is 0 Å². The predicted octanol–water partition coefficient (Wildman–Crippen LogP) is 1.94. The Balaban J connectivity index is 4.02. The topological polar surface area (TPSA) is 0 Å². The molecular weight excluding hydrogens is 155 g/mol. The lowest BCUT2D eigenvalue weighted by Crippen LogP contribution is -2.40. The van der Waals surface area contributed by atoms with E-state index in [9.17, 15) is 22.0 Å². The maximum Gasteiger partial charge on any atom is 0.200 e. The van der Waals surface area contributed by atoms with Gasteiger partial charge in [0.1, 0.15) is 20.0 Å². The van der Waals surface area contributed by atoms with Crippen LogP contribution in [0.2, 0.25) is 0 Å². The minimum atomic E-state index is -3.28. The van der Waals surface area contributed by atoms with Crippen LogP contribution in [0.1, 0.15) is 0 Å². The van der Waals surface area contributed by atoms with Crippen molar-refractivity contribution in [1.82, 2.24) is 0 Å². The van der Waals surface area contributed by atoms with Crippen molar-refractivity contribution >= 4 is 0 Å². The Kier molecular flexibility index (Phi) is 3.60. The summed E-state index contributed by atoms with van der Waals surface area (Å²) in [6, 6.07) is 0. The molecule has 5 heteroatoms. The molecule has 1 atom stereocenters. The fraction of sp³-hybridized carbons (Fsp3) is 1.00. The highest BCUT2D eigenvalue weighted by Gasteiger charge is 2.40.